The largest absolute Gasteiger partial charge is 0.344 e. The first-order valence-corrected chi connectivity index (χ1v) is 6.73. The predicted molar refractivity (Wildman–Crippen MR) is 77.3 cm³/mol. The third kappa shape index (κ3) is 2.97. The minimum atomic E-state index is 0.544. The summed E-state index contributed by atoms with van der Waals surface area (Å²) in [5.74, 6) is 0. The van der Waals surface area contributed by atoms with E-state index in [9.17, 15) is 0 Å². The average Bonchev–Trinajstić information content (AvgIpc) is 2.30. The zero-order chi connectivity index (χ0) is 12.3. The lowest BCUT2D eigenvalue weighted by Crippen LogP contribution is -2.49. The zero-order valence-corrected chi connectivity index (χ0v) is 11.3. The summed E-state index contributed by atoms with van der Waals surface area (Å²) in [6.07, 6.45) is 3.79. The molecular formula is C14H20N2S. The molecule has 0 unspecified atom stereocenters. The summed E-state index contributed by atoms with van der Waals surface area (Å²) in [7, 11) is 0. The van der Waals surface area contributed by atoms with Gasteiger partial charge in [0, 0.05) is 17.8 Å². The smallest absolute Gasteiger partial charge is 0.173 e. The van der Waals surface area contributed by atoms with Crippen molar-refractivity contribution in [3.8, 4) is 0 Å². The van der Waals surface area contributed by atoms with E-state index in [2.05, 4.69) is 24.1 Å². The molecule has 0 saturated carbocycles. The van der Waals surface area contributed by atoms with Crippen LogP contribution in [0.4, 0.5) is 5.69 Å². The molecule has 17 heavy (non-hydrogen) atoms. The van der Waals surface area contributed by atoms with Crippen molar-refractivity contribution in [3.05, 3.63) is 30.3 Å². The molecule has 2 atom stereocenters. The third-order valence-corrected chi connectivity index (χ3v) is 3.77. The van der Waals surface area contributed by atoms with Gasteiger partial charge in [-0.05, 0) is 57.5 Å². The van der Waals surface area contributed by atoms with Gasteiger partial charge in [-0.25, -0.2) is 0 Å². The number of piperidine rings is 1. The summed E-state index contributed by atoms with van der Waals surface area (Å²) in [5.41, 5.74) is 1.07. The normalized spacial score (nSPS) is 24.5. The quantitative estimate of drug-likeness (QED) is 0.764. The first-order valence-electron chi connectivity index (χ1n) is 6.33. The van der Waals surface area contributed by atoms with Gasteiger partial charge in [-0.1, -0.05) is 18.2 Å². The molecule has 0 aliphatic carbocycles. The second-order valence-electron chi connectivity index (χ2n) is 4.83. The number of nitrogens with one attached hydrogen (secondary N) is 1. The van der Waals surface area contributed by atoms with E-state index in [-0.39, 0.29) is 0 Å². The molecule has 0 bridgehead atoms. The van der Waals surface area contributed by atoms with Crippen molar-refractivity contribution < 1.29 is 0 Å². The molecule has 0 spiro atoms. The van der Waals surface area contributed by atoms with E-state index in [0.29, 0.717) is 12.1 Å². The van der Waals surface area contributed by atoms with Crippen LogP contribution in [0.15, 0.2) is 30.3 Å². The van der Waals surface area contributed by atoms with E-state index >= 15 is 0 Å². The van der Waals surface area contributed by atoms with Crippen LogP contribution >= 0.6 is 12.2 Å². The Kier molecular flexibility index (Phi) is 4.00. The highest BCUT2D eigenvalue weighted by atomic mass is 32.1. The fourth-order valence-electron chi connectivity index (χ4n) is 2.53. The van der Waals surface area contributed by atoms with E-state index in [1.807, 2.05) is 30.3 Å². The molecule has 1 saturated heterocycles. The van der Waals surface area contributed by atoms with Crippen molar-refractivity contribution in [3.63, 3.8) is 0 Å². The van der Waals surface area contributed by atoms with Crippen molar-refractivity contribution in [1.82, 2.24) is 4.90 Å². The predicted octanol–water partition coefficient (Wildman–Crippen LogP) is 3.65. The highest BCUT2D eigenvalue weighted by molar-refractivity contribution is 7.80. The molecule has 1 aromatic carbocycles. The third-order valence-electron chi connectivity index (χ3n) is 3.45. The molecule has 92 valence electrons. The van der Waals surface area contributed by atoms with Crippen LogP contribution in [0.25, 0.3) is 0 Å². The maximum atomic E-state index is 5.52. The standard InChI is InChI=1S/C14H20N2S/c1-11-7-6-8-12(2)16(11)14(17)15-13-9-4-3-5-10-13/h3-5,9-12H,6-8H2,1-2H3,(H,15,17)/t11-,12-/m1/s1. The first kappa shape index (κ1) is 12.4. The number of nitrogens with zero attached hydrogens (tertiary/aromatic N) is 1. The van der Waals surface area contributed by atoms with Gasteiger partial charge in [0.15, 0.2) is 5.11 Å². The van der Waals surface area contributed by atoms with Gasteiger partial charge in [0.25, 0.3) is 0 Å². The SMILES string of the molecule is C[C@@H]1CCC[C@@H](C)N1C(=S)Nc1ccccc1. The Labute approximate surface area is 109 Å². The number of benzene rings is 1. The van der Waals surface area contributed by atoms with Crippen LogP contribution in [-0.4, -0.2) is 22.1 Å². The summed E-state index contributed by atoms with van der Waals surface area (Å²) < 4.78 is 0. The Morgan fingerprint density at radius 3 is 2.35 bits per heavy atom. The monoisotopic (exact) mass is 248 g/mol. The molecule has 1 fully saturated rings. The van der Waals surface area contributed by atoms with Crippen LogP contribution in [0.3, 0.4) is 0 Å². The van der Waals surface area contributed by atoms with Crippen molar-refractivity contribution >= 4 is 23.0 Å². The Bertz CT molecular complexity index is 367. The number of thiocarbonyl (C=S) groups is 1. The minimum Gasteiger partial charge on any atom is -0.344 e. The highest BCUT2D eigenvalue weighted by Gasteiger charge is 2.26. The van der Waals surface area contributed by atoms with Crippen molar-refractivity contribution in [1.29, 1.82) is 0 Å². The molecule has 1 N–H and O–H groups in total. The molecule has 2 rings (SSSR count). The molecule has 0 aromatic heterocycles. The van der Waals surface area contributed by atoms with Gasteiger partial charge in [-0.15, -0.1) is 0 Å². The Morgan fingerprint density at radius 1 is 1.18 bits per heavy atom. The second kappa shape index (κ2) is 5.50. The zero-order valence-electron chi connectivity index (χ0n) is 10.5. The second-order valence-corrected chi connectivity index (χ2v) is 5.22. The molecule has 3 heteroatoms. The van der Waals surface area contributed by atoms with Gasteiger partial charge < -0.3 is 10.2 Å². The van der Waals surface area contributed by atoms with E-state index in [0.717, 1.165) is 10.8 Å². The molecule has 1 heterocycles. The summed E-state index contributed by atoms with van der Waals surface area (Å²) in [4.78, 5) is 2.34. The lowest BCUT2D eigenvalue weighted by molar-refractivity contribution is 0.194. The molecule has 1 aliphatic rings. The number of hydrogen-bond acceptors (Lipinski definition) is 1. The van der Waals surface area contributed by atoms with E-state index < -0.39 is 0 Å². The van der Waals surface area contributed by atoms with Gasteiger partial charge in [-0.3, -0.25) is 0 Å². The average molecular weight is 248 g/mol. The van der Waals surface area contributed by atoms with E-state index in [1.54, 1.807) is 0 Å². The molecule has 0 amide bonds. The lowest BCUT2D eigenvalue weighted by atomic mass is 9.98. The van der Waals surface area contributed by atoms with Gasteiger partial charge in [0.05, 0.1) is 0 Å². The summed E-state index contributed by atoms with van der Waals surface area (Å²) in [5, 5.41) is 4.19. The molecule has 1 aromatic rings. The van der Waals surface area contributed by atoms with Gasteiger partial charge >= 0.3 is 0 Å². The fraction of sp³-hybridized carbons (Fsp3) is 0.500. The summed E-state index contributed by atoms with van der Waals surface area (Å²) in [6.45, 7) is 4.52. The highest BCUT2D eigenvalue weighted by Crippen LogP contribution is 2.23. The maximum absolute atomic E-state index is 5.52. The van der Waals surface area contributed by atoms with Crippen LogP contribution in [0.1, 0.15) is 33.1 Å². The van der Waals surface area contributed by atoms with Crippen LogP contribution in [-0.2, 0) is 0 Å². The number of anilines is 1. The Balaban J connectivity index is 2.04. The van der Waals surface area contributed by atoms with E-state index in [4.69, 9.17) is 12.2 Å². The summed E-state index contributed by atoms with van der Waals surface area (Å²) >= 11 is 5.52. The van der Waals surface area contributed by atoms with Crippen LogP contribution in [0.2, 0.25) is 0 Å². The lowest BCUT2D eigenvalue weighted by Gasteiger charge is -2.40. The van der Waals surface area contributed by atoms with Gasteiger partial charge in [-0.2, -0.15) is 0 Å². The number of rotatable bonds is 1. The van der Waals surface area contributed by atoms with E-state index in [1.165, 1.54) is 19.3 Å². The van der Waals surface area contributed by atoms with Crippen LogP contribution in [0.5, 0.6) is 0 Å². The van der Waals surface area contributed by atoms with Crippen molar-refractivity contribution in [2.75, 3.05) is 5.32 Å². The molecule has 0 radical (unpaired) electrons. The summed E-state index contributed by atoms with van der Waals surface area (Å²) in [6, 6.07) is 11.2. The number of hydrogen-bond donors (Lipinski definition) is 1. The number of para-hydroxylation sites is 1. The fourth-order valence-corrected chi connectivity index (χ4v) is 3.01. The Hall–Kier alpha value is -1.09. The molecule has 2 nitrogen and oxygen atoms in total. The van der Waals surface area contributed by atoms with Crippen LogP contribution in [0, 0.1) is 0 Å². The first-order chi connectivity index (χ1) is 8.18. The van der Waals surface area contributed by atoms with Gasteiger partial charge in [0.1, 0.15) is 0 Å². The van der Waals surface area contributed by atoms with Crippen LogP contribution < -0.4 is 5.32 Å². The van der Waals surface area contributed by atoms with Crippen molar-refractivity contribution in [2.45, 2.75) is 45.2 Å². The van der Waals surface area contributed by atoms with Gasteiger partial charge in [0.2, 0.25) is 0 Å². The topological polar surface area (TPSA) is 15.3 Å². The number of likely N-dealkylation sites (tertiary alicyclic amines) is 1. The molecular weight excluding hydrogens is 228 g/mol. The maximum Gasteiger partial charge on any atom is 0.173 e. The van der Waals surface area contributed by atoms with Crippen molar-refractivity contribution in [2.24, 2.45) is 0 Å². The molecule has 1 aliphatic heterocycles. The minimum absolute atomic E-state index is 0.544. The Morgan fingerprint density at radius 2 is 1.76 bits per heavy atom.